The van der Waals surface area contributed by atoms with Gasteiger partial charge in [0.15, 0.2) is 0 Å². The molecule has 0 unspecified atom stereocenters. The maximum Gasteiger partial charge on any atom is 0.0231 e. The predicted molar refractivity (Wildman–Crippen MR) is 77.5 cm³/mol. The Kier molecular flexibility index (Phi) is 4.41. The molecule has 2 rings (SSSR count). The Morgan fingerprint density at radius 3 is 2.61 bits per heavy atom. The number of hydrogen-bond donors (Lipinski definition) is 1. The van der Waals surface area contributed by atoms with E-state index in [0.29, 0.717) is 5.41 Å². The molecule has 1 aliphatic rings. The first kappa shape index (κ1) is 13.6. The van der Waals surface area contributed by atoms with Crippen LogP contribution < -0.4 is 5.73 Å². The lowest BCUT2D eigenvalue weighted by Gasteiger charge is -2.32. The third kappa shape index (κ3) is 3.33. The number of rotatable bonds is 5. The van der Waals surface area contributed by atoms with E-state index in [-0.39, 0.29) is 0 Å². The summed E-state index contributed by atoms with van der Waals surface area (Å²) in [6.45, 7) is 5.16. The maximum absolute atomic E-state index is 6.01. The van der Waals surface area contributed by atoms with E-state index < -0.39 is 0 Å². The number of benzene rings is 1. The van der Waals surface area contributed by atoms with Crippen molar-refractivity contribution in [2.75, 3.05) is 20.1 Å². The van der Waals surface area contributed by atoms with Gasteiger partial charge in [0.05, 0.1) is 0 Å². The molecule has 2 heteroatoms. The fraction of sp³-hybridized carbons (Fsp3) is 0.625. The Bertz CT molecular complexity index is 380. The van der Waals surface area contributed by atoms with E-state index in [1.54, 1.807) is 0 Å². The first-order valence-corrected chi connectivity index (χ1v) is 7.08. The van der Waals surface area contributed by atoms with Gasteiger partial charge in [-0.15, -0.1) is 0 Å². The number of hydrogen-bond acceptors (Lipinski definition) is 2. The molecule has 1 saturated carbocycles. The summed E-state index contributed by atoms with van der Waals surface area (Å²) in [7, 11) is 2.22. The first-order valence-electron chi connectivity index (χ1n) is 7.08. The number of nitrogens with zero attached hydrogens (tertiary/aromatic N) is 1. The van der Waals surface area contributed by atoms with Crippen LogP contribution in [0, 0.1) is 12.3 Å². The highest BCUT2D eigenvalue weighted by atomic mass is 15.1. The first-order chi connectivity index (χ1) is 8.63. The van der Waals surface area contributed by atoms with E-state index in [1.807, 2.05) is 0 Å². The molecule has 0 atom stereocenters. The highest BCUT2D eigenvalue weighted by Gasteiger charge is 2.33. The lowest BCUT2D eigenvalue weighted by molar-refractivity contribution is 0.179. The van der Waals surface area contributed by atoms with Crippen molar-refractivity contribution in [3.63, 3.8) is 0 Å². The molecular formula is C16H26N2. The molecule has 0 saturated heterocycles. The summed E-state index contributed by atoms with van der Waals surface area (Å²) in [5.41, 5.74) is 9.14. The second-order valence-electron chi connectivity index (χ2n) is 6.07. The minimum atomic E-state index is 0.387. The molecular weight excluding hydrogens is 220 g/mol. The molecule has 0 amide bonds. The largest absolute Gasteiger partial charge is 0.330 e. The lowest BCUT2D eigenvalue weighted by atomic mass is 9.86. The van der Waals surface area contributed by atoms with Crippen molar-refractivity contribution in [2.24, 2.45) is 11.1 Å². The Hall–Kier alpha value is -0.860. The van der Waals surface area contributed by atoms with Gasteiger partial charge in [-0.05, 0) is 44.3 Å². The van der Waals surface area contributed by atoms with Crippen LogP contribution in [-0.2, 0) is 6.54 Å². The predicted octanol–water partition coefficient (Wildman–Crippen LogP) is 2.95. The van der Waals surface area contributed by atoms with E-state index in [9.17, 15) is 0 Å². The molecule has 0 aromatic heterocycles. The Morgan fingerprint density at radius 2 is 2.00 bits per heavy atom. The Morgan fingerprint density at radius 1 is 1.28 bits per heavy atom. The Balaban J connectivity index is 1.93. The standard InChI is InChI=1S/C16H26N2/c1-14-6-5-7-15(10-14)11-18(2)13-16(12-17)8-3-4-9-16/h5-7,10H,3-4,8-9,11-13,17H2,1-2H3. The zero-order valence-electron chi connectivity index (χ0n) is 11.8. The van der Waals surface area contributed by atoms with Crippen LogP contribution in [-0.4, -0.2) is 25.0 Å². The van der Waals surface area contributed by atoms with Crippen molar-refractivity contribution in [3.05, 3.63) is 35.4 Å². The highest BCUT2D eigenvalue weighted by molar-refractivity contribution is 5.22. The van der Waals surface area contributed by atoms with Crippen LogP contribution >= 0.6 is 0 Å². The fourth-order valence-corrected chi connectivity index (χ4v) is 3.30. The van der Waals surface area contributed by atoms with Gasteiger partial charge in [-0.1, -0.05) is 42.7 Å². The number of aryl methyl sites for hydroxylation is 1. The van der Waals surface area contributed by atoms with Gasteiger partial charge in [-0.2, -0.15) is 0 Å². The molecule has 1 aliphatic carbocycles. The minimum Gasteiger partial charge on any atom is -0.330 e. The molecule has 18 heavy (non-hydrogen) atoms. The normalized spacial score (nSPS) is 18.4. The van der Waals surface area contributed by atoms with E-state index in [4.69, 9.17) is 5.73 Å². The Labute approximate surface area is 111 Å². The molecule has 0 bridgehead atoms. The van der Waals surface area contributed by atoms with Crippen LogP contribution in [0.4, 0.5) is 0 Å². The monoisotopic (exact) mass is 246 g/mol. The van der Waals surface area contributed by atoms with Gasteiger partial charge < -0.3 is 10.6 Å². The second-order valence-corrected chi connectivity index (χ2v) is 6.07. The van der Waals surface area contributed by atoms with Crippen molar-refractivity contribution in [3.8, 4) is 0 Å². The molecule has 1 aromatic rings. The maximum atomic E-state index is 6.01. The van der Waals surface area contributed by atoms with Crippen LogP contribution in [0.3, 0.4) is 0 Å². The van der Waals surface area contributed by atoms with Crippen LogP contribution in [0.1, 0.15) is 36.8 Å². The van der Waals surface area contributed by atoms with Crippen molar-refractivity contribution in [2.45, 2.75) is 39.2 Å². The van der Waals surface area contributed by atoms with Crippen molar-refractivity contribution in [1.29, 1.82) is 0 Å². The molecule has 1 aromatic carbocycles. The summed E-state index contributed by atoms with van der Waals surface area (Å²) in [6.07, 6.45) is 5.33. The van der Waals surface area contributed by atoms with Gasteiger partial charge in [-0.3, -0.25) is 0 Å². The lowest BCUT2D eigenvalue weighted by Crippen LogP contribution is -2.39. The van der Waals surface area contributed by atoms with E-state index in [2.05, 4.69) is 43.1 Å². The topological polar surface area (TPSA) is 29.3 Å². The fourth-order valence-electron chi connectivity index (χ4n) is 3.30. The van der Waals surface area contributed by atoms with Gasteiger partial charge in [0.25, 0.3) is 0 Å². The van der Waals surface area contributed by atoms with Gasteiger partial charge in [-0.25, -0.2) is 0 Å². The smallest absolute Gasteiger partial charge is 0.0231 e. The summed E-state index contributed by atoms with van der Waals surface area (Å²) < 4.78 is 0. The molecule has 2 nitrogen and oxygen atoms in total. The van der Waals surface area contributed by atoms with Crippen molar-refractivity contribution < 1.29 is 0 Å². The highest BCUT2D eigenvalue weighted by Crippen LogP contribution is 2.37. The second kappa shape index (κ2) is 5.85. The van der Waals surface area contributed by atoms with Gasteiger partial charge in [0, 0.05) is 13.1 Å². The summed E-state index contributed by atoms with van der Waals surface area (Å²) in [4.78, 5) is 2.44. The number of nitrogens with two attached hydrogens (primary N) is 1. The molecule has 2 N–H and O–H groups in total. The minimum absolute atomic E-state index is 0.387. The molecule has 0 spiro atoms. The quantitative estimate of drug-likeness (QED) is 0.865. The van der Waals surface area contributed by atoms with Crippen LogP contribution in [0.5, 0.6) is 0 Å². The van der Waals surface area contributed by atoms with Crippen molar-refractivity contribution in [1.82, 2.24) is 4.90 Å². The van der Waals surface area contributed by atoms with Gasteiger partial charge in [0.2, 0.25) is 0 Å². The molecule has 0 aliphatic heterocycles. The van der Waals surface area contributed by atoms with Gasteiger partial charge in [0.1, 0.15) is 0 Å². The zero-order valence-corrected chi connectivity index (χ0v) is 11.8. The summed E-state index contributed by atoms with van der Waals surface area (Å²) in [6, 6.07) is 8.79. The molecule has 0 radical (unpaired) electrons. The molecule has 0 heterocycles. The third-order valence-corrected chi connectivity index (χ3v) is 4.24. The third-order valence-electron chi connectivity index (χ3n) is 4.24. The van der Waals surface area contributed by atoms with E-state index in [1.165, 1.54) is 36.8 Å². The van der Waals surface area contributed by atoms with E-state index in [0.717, 1.165) is 19.6 Å². The molecule has 100 valence electrons. The average Bonchev–Trinajstić information content (AvgIpc) is 2.78. The summed E-state index contributed by atoms with van der Waals surface area (Å²) in [5, 5.41) is 0. The van der Waals surface area contributed by atoms with Gasteiger partial charge >= 0.3 is 0 Å². The van der Waals surface area contributed by atoms with Crippen molar-refractivity contribution >= 4 is 0 Å². The van der Waals surface area contributed by atoms with Crippen LogP contribution in [0.25, 0.3) is 0 Å². The average molecular weight is 246 g/mol. The zero-order chi connectivity index (χ0) is 13.0. The molecule has 1 fully saturated rings. The summed E-state index contributed by atoms with van der Waals surface area (Å²) >= 11 is 0. The summed E-state index contributed by atoms with van der Waals surface area (Å²) in [5.74, 6) is 0. The van der Waals surface area contributed by atoms with Crippen LogP contribution in [0.15, 0.2) is 24.3 Å². The SMILES string of the molecule is Cc1cccc(CN(C)CC2(CN)CCCC2)c1. The van der Waals surface area contributed by atoms with Crippen LogP contribution in [0.2, 0.25) is 0 Å². The van der Waals surface area contributed by atoms with E-state index >= 15 is 0 Å².